The molecule has 0 spiro atoms. The Morgan fingerprint density at radius 3 is 2.81 bits per heavy atom. The lowest BCUT2D eigenvalue weighted by Crippen LogP contribution is -2.50. The van der Waals surface area contributed by atoms with Gasteiger partial charge in [-0.2, -0.15) is 0 Å². The molecule has 1 saturated heterocycles. The monoisotopic (exact) mass is 314 g/mol. The van der Waals surface area contributed by atoms with Crippen LogP contribution in [0.2, 0.25) is 0 Å². The van der Waals surface area contributed by atoms with Gasteiger partial charge in [0.25, 0.3) is 0 Å². The van der Waals surface area contributed by atoms with Gasteiger partial charge in [-0.1, -0.05) is 12.1 Å². The standard InChI is InChI=1S/C16H23FN2O.ClH/c1-3-19(11-13-6-4-7-14(17)10-13)15(20)16(2)8-5-9-18-12-16;/h4,6-7,10,18H,3,5,8-9,11-12H2,1-2H3;1H. The smallest absolute Gasteiger partial charge is 0.230 e. The number of nitrogens with one attached hydrogen (secondary N) is 1. The summed E-state index contributed by atoms with van der Waals surface area (Å²) in [5.41, 5.74) is 0.509. The van der Waals surface area contributed by atoms with E-state index in [9.17, 15) is 9.18 Å². The second-order valence-electron chi connectivity index (χ2n) is 5.79. The van der Waals surface area contributed by atoms with Crippen LogP contribution in [0.5, 0.6) is 0 Å². The third kappa shape index (κ3) is 4.42. The average molecular weight is 315 g/mol. The van der Waals surface area contributed by atoms with Gasteiger partial charge in [-0.25, -0.2) is 4.39 Å². The zero-order valence-electron chi connectivity index (χ0n) is 12.7. The molecule has 1 aromatic rings. The highest BCUT2D eigenvalue weighted by atomic mass is 35.5. The first-order valence-corrected chi connectivity index (χ1v) is 7.30. The van der Waals surface area contributed by atoms with Crippen LogP contribution in [0.15, 0.2) is 24.3 Å². The van der Waals surface area contributed by atoms with E-state index in [0.717, 1.165) is 31.5 Å². The molecular formula is C16H24ClFN2O. The molecular weight excluding hydrogens is 291 g/mol. The SMILES string of the molecule is CCN(Cc1cccc(F)c1)C(=O)C1(C)CCCNC1.Cl. The van der Waals surface area contributed by atoms with E-state index in [1.165, 1.54) is 12.1 Å². The predicted octanol–water partition coefficient (Wildman–Crippen LogP) is 2.99. The minimum absolute atomic E-state index is 0. The normalized spacial score (nSPS) is 21.5. The molecule has 1 amide bonds. The first-order valence-electron chi connectivity index (χ1n) is 7.30. The zero-order valence-corrected chi connectivity index (χ0v) is 13.5. The van der Waals surface area contributed by atoms with Crippen LogP contribution in [0, 0.1) is 11.2 Å². The average Bonchev–Trinajstić information content (AvgIpc) is 2.45. The van der Waals surface area contributed by atoms with Crippen LogP contribution in [0.3, 0.4) is 0 Å². The molecule has 0 saturated carbocycles. The van der Waals surface area contributed by atoms with E-state index in [4.69, 9.17) is 0 Å². The summed E-state index contributed by atoms with van der Waals surface area (Å²) in [6, 6.07) is 6.47. The molecule has 1 unspecified atom stereocenters. The van der Waals surface area contributed by atoms with Crippen molar-refractivity contribution in [1.29, 1.82) is 0 Å². The van der Waals surface area contributed by atoms with Gasteiger partial charge in [-0.15, -0.1) is 12.4 Å². The number of hydrogen-bond donors (Lipinski definition) is 1. The number of amides is 1. The lowest BCUT2D eigenvalue weighted by Gasteiger charge is -2.37. The largest absolute Gasteiger partial charge is 0.338 e. The molecule has 0 bridgehead atoms. The minimum Gasteiger partial charge on any atom is -0.338 e. The first kappa shape index (κ1) is 17.9. The van der Waals surface area contributed by atoms with Crippen LogP contribution in [-0.4, -0.2) is 30.4 Å². The van der Waals surface area contributed by atoms with Gasteiger partial charge in [0.05, 0.1) is 5.41 Å². The Bertz CT molecular complexity index is 475. The predicted molar refractivity (Wildman–Crippen MR) is 84.9 cm³/mol. The summed E-state index contributed by atoms with van der Waals surface area (Å²) in [5, 5.41) is 3.30. The highest BCUT2D eigenvalue weighted by molar-refractivity contribution is 5.85. The van der Waals surface area contributed by atoms with Crippen molar-refractivity contribution in [2.45, 2.75) is 33.2 Å². The quantitative estimate of drug-likeness (QED) is 0.926. The molecule has 0 radical (unpaired) electrons. The molecule has 0 aromatic heterocycles. The zero-order chi connectivity index (χ0) is 14.6. The maximum absolute atomic E-state index is 13.2. The highest BCUT2D eigenvalue weighted by Crippen LogP contribution is 2.28. The third-order valence-corrected chi connectivity index (χ3v) is 4.04. The van der Waals surface area contributed by atoms with Crippen molar-refractivity contribution < 1.29 is 9.18 Å². The molecule has 0 aliphatic carbocycles. The molecule has 1 fully saturated rings. The Balaban J connectivity index is 0.00000220. The van der Waals surface area contributed by atoms with E-state index in [1.54, 1.807) is 6.07 Å². The van der Waals surface area contributed by atoms with Crippen molar-refractivity contribution in [2.75, 3.05) is 19.6 Å². The lowest BCUT2D eigenvalue weighted by molar-refractivity contribution is -0.142. The Morgan fingerprint density at radius 1 is 1.48 bits per heavy atom. The third-order valence-electron chi connectivity index (χ3n) is 4.04. The van der Waals surface area contributed by atoms with E-state index in [1.807, 2.05) is 24.8 Å². The topological polar surface area (TPSA) is 32.3 Å². The van der Waals surface area contributed by atoms with E-state index < -0.39 is 0 Å². The van der Waals surface area contributed by atoms with Crippen molar-refractivity contribution in [3.63, 3.8) is 0 Å². The van der Waals surface area contributed by atoms with Crippen molar-refractivity contribution in [2.24, 2.45) is 5.41 Å². The molecule has 21 heavy (non-hydrogen) atoms. The molecule has 1 atom stereocenters. The number of rotatable bonds is 4. The molecule has 3 nitrogen and oxygen atoms in total. The maximum atomic E-state index is 13.2. The molecule has 1 aliphatic heterocycles. The van der Waals surface area contributed by atoms with Gasteiger partial charge in [0, 0.05) is 19.6 Å². The number of halogens is 2. The van der Waals surface area contributed by atoms with Crippen molar-refractivity contribution in [1.82, 2.24) is 10.2 Å². The maximum Gasteiger partial charge on any atom is 0.230 e. The van der Waals surface area contributed by atoms with Gasteiger partial charge in [0.15, 0.2) is 0 Å². The number of nitrogens with zero attached hydrogens (tertiary/aromatic N) is 1. The van der Waals surface area contributed by atoms with Crippen LogP contribution >= 0.6 is 12.4 Å². The molecule has 1 aliphatic rings. The fraction of sp³-hybridized carbons (Fsp3) is 0.562. The molecule has 1 heterocycles. The number of carbonyl (C=O) groups is 1. The Kier molecular flexibility index (Phi) is 6.62. The van der Waals surface area contributed by atoms with Crippen molar-refractivity contribution >= 4 is 18.3 Å². The van der Waals surface area contributed by atoms with Gasteiger partial charge in [-0.05, 0) is 50.9 Å². The highest BCUT2D eigenvalue weighted by Gasteiger charge is 2.37. The summed E-state index contributed by atoms with van der Waals surface area (Å²) < 4.78 is 13.2. The van der Waals surface area contributed by atoms with Crippen LogP contribution in [0.1, 0.15) is 32.3 Å². The number of hydrogen-bond acceptors (Lipinski definition) is 2. The molecule has 1 N–H and O–H groups in total. The molecule has 118 valence electrons. The summed E-state index contributed by atoms with van der Waals surface area (Å²) in [6.45, 7) is 6.82. The second-order valence-corrected chi connectivity index (χ2v) is 5.79. The molecule has 5 heteroatoms. The van der Waals surface area contributed by atoms with E-state index >= 15 is 0 Å². The van der Waals surface area contributed by atoms with Crippen LogP contribution in [0.4, 0.5) is 4.39 Å². The van der Waals surface area contributed by atoms with Crippen LogP contribution in [-0.2, 0) is 11.3 Å². The van der Waals surface area contributed by atoms with Gasteiger partial charge in [0.1, 0.15) is 5.82 Å². The van der Waals surface area contributed by atoms with E-state index in [-0.39, 0.29) is 29.5 Å². The fourth-order valence-electron chi connectivity index (χ4n) is 2.80. The first-order chi connectivity index (χ1) is 9.55. The molecule has 2 rings (SSSR count). The Morgan fingerprint density at radius 2 is 2.24 bits per heavy atom. The fourth-order valence-corrected chi connectivity index (χ4v) is 2.80. The van der Waals surface area contributed by atoms with Crippen molar-refractivity contribution in [3.05, 3.63) is 35.6 Å². The summed E-state index contributed by atoms with van der Waals surface area (Å²) in [5.74, 6) is -0.0898. The molecule has 1 aromatic carbocycles. The Labute approximate surface area is 132 Å². The summed E-state index contributed by atoms with van der Waals surface area (Å²) in [6.07, 6.45) is 1.94. The summed E-state index contributed by atoms with van der Waals surface area (Å²) in [4.78, 5) is 14.6. The number of piperidine rings is 1. The van der Waals surface area contributed by atoms with Gasteiger partial charge >= 0.3 is 0 Å². The second kappa shape index (κ2) is 7.76. The summed E-state index contributed by atoms with van der Waals surface area (Å²) in [7, 11) is 0. The lowest BCUT2D eigenvalue weighted by atomic mass is 9.81. The Hall–Kier alpha value is -1.13. The van der Waals surface area contributed by atoms with Crippen LogP contribution in [0.25, 0.3) is 0 Å². The van der Waals surface area contributed by atoms with Crippen molar-refractivity contribution in [3.8, 4) is 0 Å². The number of benzene rings is 1. The minimum atomic E-state index is -0.332. The summed E-state index contributed by atoms with van der Waals surface area (Å²) >= 11 is 0. The number of carbonyl (C=O) groups excluding carboxylic acids is 1. The van der Waals surface area contributed by atoms with Gasteiger partial charge in [-0.3, -0.25) is 4.79 Å². The van der Waals surface area contributed by atoms with Gasteiger partial charge < -0.3 is 10.2 Å². The van der Waals surface area contributed by atoms with Gasteiger partial charge in [0.2, 0.25) is 5.91 Å². The van der Waals surface area contributed by atoms with Crippen LogP contribution < -0.4 is 5.32 Å². The van der Waals surface area contributed by atoms with E-state index in [0.29, 0.717) is 13.1 Å². The van der Waals surface area contributed by atoms with E-state index in [2.05, 4.69) is 5.32 Å².